The van der Waals surface area contributed by atoms with E-state index in [1.807, 2.05) is 42.2 Å². The first-order valence-corrected chi connectivity index (χ1v) is 7.91. The van der Waals surface area contributed by atoms with Gasteiger partial charge in [0, 0.05) is 19.2 Å². The van der Waals surface area contributed by atoms with Crippen molar-refractivity contribution in [1.29, 1.82) is 0 Å². The first-order valence-electron chi connectivity index (χ1n) is 7.91. The van der Waals surface area contributed by atoms with Crippen LogP contribution in [0.5, 0.6) is 0 Å². The van der Waals surface area contributed by atoms with Gasteiger partial charge in [0.05, 0.1) is 12.1 Å². The minimum atomic E-state index is 0.138. The molecular formula is C18H23NO2. The van der Waals surface area contributed by atoms with Gasteiger partial charge < -0.3 is 9.64 Å². The maximum atomic E-state index is 12.7. The molecule has 21 heavy (non-hydrogen) atoms. The van der Waals surface area contributed by atoms with Crippen LogP contribution in [0.15, 0.2) is 36.4 Å². The molecule has 0 N–H and O–H groups in total. The third kappa shape index (κ3) is 3.18. The Hall–Kier alpha value is -1.61. The van der Waals surface area contributed by atoms with E-state index in [0.717, 1.165) is 43.6 Å². The minimum absolute atomic E-state index is 0.138. The van der Waals surface area contributed by atoms with Gasteiger partial charge in [-0.2, -0.15) is 0 Å². The van der Waals surface area contributed by atoms with E-state index in [1.54, 1.807) is 6.08 Å². The molecule has 1 aromatic rings. The van der Waals surface area contributed by atoms with E-state index < -0.39 is 0 Å². The fraction of sp³-hybridized carbons (Fsp3) is 0.500. The molecule has 2 unspecified atom stereocenters. The number of allylic oxidation sites excluding steroid dienone is 1. The Balaban J connectivity index is 1.77. The molecule has 1 saturated carbocycles. The Bertz CT molecular complexity index is 523. The molecule has 3 rings (SSSR count). The fourth-order valence-corrected chi connectivity index (χ4v) is 3.42. The topological polar surface area (TPSA) is 29.5 Å². The van der Waals surface area contributed by atoms with E-state index in [1.165, 1.54) is 6.42 Å². The van der Waals surface area contributed by atoms with Crippen molar-refractivity contribution < 1.29 is 9.53 Å². The van der Waals surface area contributed by atoms with Gasteiger partial charge in [0.15, 0.2) is 0 Å². The zero-order chi connectivity index (χ0) is 14.7. The first kappa shape index (κ1) is 14.3. The highest BCUT2D eigenvalue weighted by atomic mass is 16.5. The van der Waals surface area contributed by atoms with Gasteiger partial charge in [0.1, 0.15) is 0 Å². The lowest BCUT2D eigenvalue weighted by molar-refractivity contribution is -0.129. The number of hydrogen-bond donors (Lipinski definition) is 0. The summed E-state index contributed by atoms with van der Waals surface area (Å²) in [7, 11) is 0. The maximum Gasteiger partial charge on any atom is 0.247 e. The first-order chi connectivity index (χ1) is 10.3. The van der Waals surface area contributed by atoms with Crippen LogP contribution in [0, 0.1) is 0 Å². The van der Waals surface area contributed by atoms with Crippen LogP contribution >= 0.6 is 0 Å². The molecule has 0 aromatic heterocycles. The van der Waals surface area contributed by atoms with Gasteiger partial charge in [-0.15, -0.1) is 0 Å². The van der Waals surface area contributed by atoms with Crippen LogP contribution < -0.4 is 0 Å². The molecule has 1 aromatic carbocycles. The highest BCUT2D eigenvalue weighted by Gasteiger charge is 2.36. The predicted molar refractivity (Wildman–Crippen MR) is 83.8 cm³/mol. The number of rotatable bonds is 2. The second kappa shape index (κ2) is 6.44. The van der Waals surface area contributed by atoms with E-state index in [4.69, 9.17) is 4.74 Å². The molecule has 0 radical (unpaired) electrons. The third-order valence-corrected chi connectivity index (χ3v) is 4.55. The van der Waals surface area contributed by atoms with Crippen molar-refractivity contribution in [2.24, 2.45) is 0 Å². The fourth-order valence-electron chi connectivity index (χ4n) is 3.42. The average Bonchev–Trinajstić information content (AvgIpc) is 2.87. The molecule has 1 saturated heterocycles. The predicted octanol–water partition coefficient (Wildman–Crippen LogP) is 3.26. The number of fused-ring (bicyclic) bond motifs is 1. The summed E-state index contributed by atoms with van der Waals surface area (Å²) in [5.41, 5.74) is 2.14. The van der Waals surface area contributed by atoms with Crippen LogP contribution in [0.4, 0.5) is 0 Å². The lowest BCUT2D eigenvalue weighted by Crippen LogP contribution is -2.43. The van der Waals surface area contributed by atoms with Crippen molar-refractivity contribution in [3.63, 3.8) is 0 Å². The van der Waals surface area contributed by atoms with Crippen LogP contribution in [-0.4, -0.2) is 36.1 Å². The van der Waals surface area contributed by atoms with Crippen molar-refractivity contribution in [3.8, 4) is 0 Å². The molecule has 112 valence electrons. The van der Waals surface area contributed by atoms with Crippen molar-refractivity contribution in [3.05, 3.63) is 42.0 Å². The standard InChI is InChI=1S/C18H23NO2/c1-14(15-7-3-2-4-8-15)13-18(20)19-11-6-12-21-17-10-5-9-16(17)19/h2-4,7-8,13,16-17H,5-6,9-12H2,1H3/b14-13-. The Labute approximate surface area is 126 Å². The molecule has 0 bridgehead atoms. The summed E-state index contributed by atoms with van der Waals surface area (Å²) in [4.78, 5) is 14.7. The maximum absolute atomic E-state index is 12.7. The Morgan fingerprint density at radius 3 is 2.86 bits per heavy atom. The van der Waals surface area contributed by atoms with Gasteiger partial charge >= 0.3 is 0 Å². The van der Waals surface area contributed by atoms with Crippen molar-refractivity contribution in [2.75, 3.05) is 13.2 Å². The lowest BCUT2D eigenvalue weighted by Gasteiger charge is -2.29. The molecule has 1 amide bonds. The van der Waals surface area contributed by atoms with E-state index in [9.17, 15) is 4.79 Å². The van der Waals surface area contributed by atoms with Crippen molar-refractivity contribution in [2.45, 2.75) is 44.8 Å². The second-order valence-electron chi connectivity index (χ2n) is 5.99. The number of carbonyl (C=O) groups is 1. The van der Waals surface area contributed by atoms with Crippen LogP contribution in [0.25, 0.3) is 5.57 Å². The Morgan fingerprint density at radius 1 is 1.24 bits per heavy atom. The molecule has 2 aliphatic rings. The number of ether oxygens (including phenoxy) is 1. The molecule has 1 aliphatic carbocycles. The minimum Gasteiger partial charge on any atom is -0.376 e. The molecular weight excluding hydrogens is 262 g/mol. The summed E-state index contributed by atoms with van der Waals surface area (Å²) in [6.45, 7) is 3.61. The quantitative estimate of drug-likeness (QED) is 0.781. The average molecular weight is 285 g/mol. The highest BCUT2D eigenvalue weighted by Crippen LogP contribution is 2.29. The van der Waals surface area contributed by atoms with Gasteiger partial charge in [-0.25, -0.2) is 0 Å². The third-order valence-electron chi connectivity index (χ3n) is 4.55. The number of hydrogen-bond acceptors (Lipinski definition) is 2. The molecule has 3 nitrogen and oxygen atoms in total. The van der Waals surface area contributed by atoms with E-state index >= 15 is 0 Å². The summed E-state index contributed by atoms with van der Waals surface area (Å²) in [6, 6.07) is 10.4. The molecule has 1 aliphatic heterocycles. The molecule has 0 spiro atoms. The molecule has 2 atom stereocenters. The normalized spacial score (nSPS) is 26.3. The van der Waals surface area contributed by atoms with Gasteiger partial charge in [0.2, 0.25) is 5.91 Å². The SMILES string of the molecule is C/C(=C/C(=O)N1CCCOC2CCCC21)c1ccccc1. The summed E-state index contributed by atoms with van der Waals surface area (Å²) < 4.78 is 5.88. The van der Waals surface area contributed by atoms with Crippen molar-refractivity contribution >= 4 is 11.5 Å². The summed E-state index contributed by atoms with van der Waals surface area (Å²) in [6.07, 6.45) is 6.32. The largest absolute Gasteiger partial charge is 0.376 e. The van der Waals surface area contributed by atoms with Gasteiger partial charge in [-0.3, -0.25) is 4.79 Å². The number of amides is 1. The number of nitrogens with zero attached hydrogens (tertiary/aromatic N) is 1. The van der Waals surface area contributed by atoms with Crippen LogP contribution in [0.1, 0.15) is 38.2 Å². The molecule has 2 fully saturated rings. The van der Waals surface area contributed by atoms with E-state index in [2.05, 4.69) is 0 Å². The summed E-state index contributed by atoms with van der Waals surface area (Å²) in [5.74, 6) is 0.138. The van der Waals surface area contributed by atoms with Gasteiger partial charge in [0.25, 0.3) is 0 Å². The van der Waals surface area contributed by atoms with Crippen LogP contribution in [0.3, 0.4) is 0 Å². The zero-order valence-electron chi connectivity index (χ0n) is 12.6. The second-order valence-corrected chi connectivity index (χ2v) is 5.99. The summed E-state index contributed by atoms with van der Waals surface area (Å²) >= 11 is 0. The smallest absolute Gasteiger partial charge is 0.247 e. The summed E-state index contributed by atoms with van der Waals surface area (Å²) in [5, 5.41) is 0. The Kier molecular flexibility index (Phi) is 4.39. The number of benzene rings is 1. The van der Waals surface area contributed by atoms with E-state index in [-0.39, 0.29) is 18.1 Å². The van der Waals surface area contributed by atoms with Crippen LogP contribution in [-0.2, 0) is 9.53 Å². The van der Waals surface area contributed by atoms with Gasteiger partial charge in [-0.05, 0) is 43.7 Å². The Morgan fingerprint density at radius 2 is 2.05 bits per heavy atom. The van der Waals surface area contributed by atoms with Gasteiger partial charge in [-0.1, -0.05) is 30.3 Å². The van der Waals surface area contributed by atoms with Crippen LogP contribution in [0.2, 0.25) is 0 Å². The molecule has 3 heteroatoms. The van der Waals surface area contributed by atoms with E-state index in [0.29, 0.717) is 0 Å². The number of carbonyl (C=O) groups excluding carboxylic acids is 1. The molecule has 1 heterocycles. The lowest BCUT2D eigenvalue weighted by atomic mass is 10.1. The van der Waals surface area contributed by atoms with Crippen molar-refractivity contribution in [1.82, 2.24) is 4.90 Å². The zero-order valence-corrected chi connectivity index (χ0v) is 12.6. The monoisotopic (exact) mass is 285 g/mol. The highest BCUT2D eigenvalue weighted by molar-refractivity contribution is 5.95.